The Balaban J connectivity index is 1.72. The van der Waals surface area contributed by atoms with Crippen molar-refractivity contribution in [2.75, 3.05) is 20.8 Å². The number of hydrogen-bond acceptors (Lipinski definition) is 5. The molecule has 0 bridgehead atoms. The van der Waals surface area contributed by atoms with Gasteiger partial charge >= 0.3 is 0 Å². The van der Waals surface area contributed by atoms with E-state index in [-0.39, 0.29) is 5.69 Å². The van der Waals surface area contributed by atoms with Gasteiger partial charge in [-0.1, -0.05) is 24.3 Å². The van der Waals surface area contributed by atoms with Gasteiger partial charge in [0.1, 0.15) is 0 Å². The predicted molar refractivity (Wildman–Crippen MR) is 110 cm³/mol. The molecule has 0 spiro atoms. The smallest absolute Gasteiger partial charge is 0.275 e. The van der Waals surface area contributed by atoms with Crippen LogP contribution in [0.3, 0.4) is 0 Å². The molecule has 1 aromatic heterocycles. The van der Waals surface area contributed by atoms with Gasteiger partial charge in [-0.15, -0.1) is 0 Å². The summed E-state index contributed by atoms with van der Waals surface area (Å²) in [5.41, 5.74) is 1.87. The van der Waals surface area contributed by atoms with Crippen LogP contribution in [0.1, 0.15) is 21.7 Å². The van der Waals surface area contributed by atoms with Gasteiger partial charge in [-0.2, -0.15) is 5.10 Å². The molecule has 1 heterocycles. The maximum atomic E-state index is 12.5. The van der Waals surface area contributed by atoms with Crippen molar-refractivity contribution in [2.24, 2.45) is 0 Å². The Hall–Kier alpha value is -3.61. The van der Waals surface area contributed by atoms with Crippen LogP contribution in [0, 0.1) is 6.92 Å². The average Bonchev–Trinajstić information content (AvgIpc) is 2.74. The molecule has 2 aromatic carbocycles. The topological polar surface area (TPSA) is 82.5 Å². The highest BCUT2D eigenvalue weighted by Gasteiger charge is 2.15. The summed E-state index contributed by atoms with van der Waals surface area (Å²) < 4.78 is 12.1. The molecule has 0 saturated heterocycles. The third-order valence-corrected chi connectivity index (χ3v) is 4.47. The first-order valence-electron chi connectivity index (χ1n) is 9.19. The van der Waals surface area contributed by atoms with Gasteiger partial charge in [0.25, 0.3) is 5.91 Å². The summed E-state index contributed by atoms with van der Waals surface area (Å²) >= 11 is 0. The van der Waals surface area contributed by atoms with Crippen molar-refractivity contribution < 1.29 is 14.3 Å². The molecule has 0 unspecified atom stereocenters. The largest absolute Gasteiger partial charge is 0.493 e. The standard InChI is InChI=1S/C22H23N3O4/c1-15-13-18(26)21(24-25(15)17-7-5-4-6-8-17)22(27)23-12-11-16-9-10-19(28-2)20(14-16)29-3/h4-10,13-14H,11-12H2,1-3H3,(H,23,27). The number of amides is 1. The minimum Gasteiger partial charge on any atom is -0.493 e. The molecule has 3 aromatic rings. The van der Waals surface area contributed by atoms with Gasteiger partial charge in [-0.25, -0.2) is 4.68 Å². The summed E-state index contributed by atoms with van der Waals surface area (Å²) in [6.45, 7) is 2.13. The number of carbonyl (C=O) groups excluding carboxylic acids is 1. The zero-order chi connectivity index (χ0) is 20.8. The Morgan fingerprint density at radius 3 is 2.45 bits per heavy atom. The molecular weight excluding hydrogens is 370 g/mol. The lowest BCUT2D eigenvalue weighted by molar-refractivity contribution is 0.0946. The molecule has 0 saturated carbocycles. The Labute approximate surface area is 168 Å². The van der Waals surface area contributed by atoms with Crippen LogP contribution in [-0.2, 0) is 6.42 Å². The van der Waals surface area contributed by atoms with Crippen LogP contribution >= 0.6 is 0 Å². The molecule has 0 aliphatic heterocycles. The van der Waals surface area contributed by atoms with Crippen molar-refractivity contribution in [3.8, 4) is 17.2 Å². The van der Waals surface area contributed by atoms with E-state index in [1.165, 1.54) is 6.07 Å². The summed E-state index contributed by atoms with van der Waals surface area (Å²) in [5, 5.41) is 7.04. The number of aromatic nitrogens is 2. The first-order valence-corrected chi connectivity index (χ1v) is 9.19. The number of para-hydroxylation sites is 1. The summed E-state index contributed by atoms with van der Waals surface area (Å²) in [6, 6.07) is 16.4. The van der Waals surface area contributed by atoms with Crippen molar-refractivity contribution in [1.29, 1.82) is 0 Å². The van der Waals surface area contributed by atoms with Crippen LogP contribution < -0.4 is 20.2 Å². The first kappa shape index (κ1) is 20.1. The quantitative estimate of drug-likeness (QED) is 0.667. The maximum Gasteiger partial charge on any atom is 0.275 e. The number of hydrogen-bond donors (Lipinski definition) is 1. The fourth-order valence-corrected chi connectivity index (χ4v) is 2.98. The minimum absolute atomic E-state index is 0.133. The molecule has 29 heavy (non-hydrogen) atoms. The predicted octanol–water partition coefficient (Wildman–Crippen LogP) is 2.53. The number of nitrogens with zero attached hydrogens (tertiary/aromatic N) is 2. The maximum absolute atomic E-state index is 12.5. The van der Waals surface area contributed by atoms with Crippen molar-refractivity contribution in [3.63, 3.8) is 0 Å². The van der Waals surface area contributed by atoms with Crippen molar-refractivity contribution in [1.82, 2.24) is 15.1 Å². The number of rotatable bonds is 7. The molecule has 150 valence electrons. The lowest BCUT2D eigenvalue weighted by Gasteiger charge is -2.12. The molecule has 1 amide bonds. The fourth-order valence-electron chi connectivity index (χ4n) is 2.98. The molecule has 1 N–H and O–H groups in total. The first-order chi connectivity index (χ1) is 14.0. The Morgan fingerprint density at radius 2 is 1.76 bits per heavy atom. The Kier molecular flexibility index (Phi) is 6.29. The van der Waals surface area contributed by atoms with Gasteiger partial charge in [-0.05, 0) is 43.2 Å². The van der Waals surface area contributed by atoms with Crippen molar-refractivity contribution >= 4 is 5.91 Å². The third kappa shape index (κ3) is 4.63. The number of methoxy groups -OCH3 is 2. The highest BCUT2D eigenvalue weighted by molar-refractivity contribution is 5.92. The van der Waals surface area contributed by atoms with Gasteiger partial charge in [0.15, 0.2) is 17.2 Å². The van der Waals surface area contributed by atoms with Crippen LogP contribution in [0.25, 0.3) is 5.69 Å². The summed E-state index contributed by atoms with van der Waals surface area (Å²) in [6.07, 6.45) is 0.574. The molecule has 0 fully saturated rings. The minimum atomic E-state index is -0.500. The summed E-state index contributed by atoms with van der Waals surface area (Å²) in [4.78, 5) is 24.8. The molecule has 3 rings (SSSR count). The normalized spacial score (nSPS) is 10.4. The SMILES string of the molecule is COc1ccc(CCNC(=O)c2nn(-c3ccccc3)c(C)cc2=O)cc1OC. The number of ether oxygens (including phenoxy) is 2. The Bertz CT molecular complexity index is 1060. The molecule has 0 atom stereocenters. The number of carbonyl (C=O) groups is 1. The van der Waals surface area contributed by atoms with E-state index in [4.69, 9.17) is 9.47 Å². The van der Waals surface area contributed by atoms with Crippen LogP contribution in [-0.4, -0.2) is 36.5 Å². The van der Waals surface area contributed by atoms with Gasteiger partial charge in [0.05, 0.1) is 19.9 Å². The molecule has 0 aliphatic rings. The van der Waals surface area contributed by atoms with Gasteiger partial charge in [0.2, 0.25) is 5.43 Å². The van der Waals surface area contributed by atoms with Gasteiger partial charge < -0.3 is 14.8 Å². The second kappa shape index (κ2) is 9.05. The zero-order valence-corrected chi connectivity index (χ0v) is 16.6. The molecule has 0 radical (unpaired) electrons. The van der Waals surface area contributed by atoms with Gasteiger partial charge in [0, 0.05) is 18.3 Å². The average molecular weight is 393 g/mol. The zero-order valence-electron chi connectivity index (χ0n) is 16.6. The van der Waals surface area contributed by atoms with E-state index in [0.29, 0.717) is 30.2 Å². The number of nitrogens with one attached hydrogen (secondary N) is 1. The van der Waals surface area contributed by atoms with Crippen LogP contribution in [0.4, 0.5) is 0 Å². The highest BCUT2D eigenvalue weighted by Crippen LogP contribution is 2.27. The molecule has 7 heteroatoms. The summed E-state index contributed by atoms with van der Waals surface area (Å²) in [5.74, 6) is 0.771. The van der Waals surface area contributed by atoms with E-state index in [2.05, 4.69) is 10.4 Å². The number of benzene rings is 2. The van der Waals surface area contributed by atoms with E-state index < -0.39 is 11.3 Å². The summed E-state index contributed by atoms with van der Waals surface area (Å²) in [7, 11) is 3.15. The van der Waals surface area contributed by atoms with E-state index in [0.717, 1.165) is 11.3 Å². The second-order valence-electron chi connectivity index (χ2n) is 6.44. The van der Waals surface area contributed by atoms with E-state index in [9.17, 15) is 9.59 Å². The van der Waals surface area contributed by atoms with E-state index in [1.54, 1.807) is 25.8 Å². The van der Waals surface area contributed by atoms with E-state index >= 15 is 0 Å². The lowest BCUT2D eigenvalue weighted by atomic mass is 10.1. The fraction of sp³-hybridized carbons (Fsp3) is 0.227. The molecule has 0 aliphatic carbocycles. The van der Waals surface area contributed by atoms with Gasteiger partial charge in [-0.3, -0.25) is 9.59 Å². The number of aryl methyl sites for hydroxylation is 1. The van der Waals surface area contributed by atoms with Crippen LogP contribution in [0.5, 0.6) is 11.5 Å². The van der Waals surface area contributed by atoms with Crippen LogP contribution in [0.15, 0.2) is 59.4 Å². The Morgan fingerprint density at radius 1 is 1.03 bits per heavy atom. The molecule has 7 nitrogen and oxygen atoms in total. The second-order valence-corrected chi connectivity index (χ2v) is 6.44. The lowest BCUT2D eigenvalue weighted by Crippen LogP contribution is -2.33. The van der Waals surface area contributed by atoms with Crippen molar-refractivity contribution in [2.45, 2.75) is 13.3 Å². The van der Waals surface area contributed by atoms with Crippen molar-refractivity contribution in [3.05, 3.63) is 81.8 Å². The highest BCUT2D eigenvalue weighted by atomic mass is 16.5. The monoisotopic (exact) mass is 393 g/mol. The third-order valence-electron chi connectivity index (χ3n) is 4.47. The van der Waals surface area contributed by atoms with Crippen LogP contribution in [0.2, 0.25) is 0 Å². The van der Waals surface area contributed by atoms with E-state index in [1.807, 2.05) is 48.5 Å². The molecular formula is C22H23N3O4.